The molecule has 0 atom stereocenters. The average Bonchev–Trinajstić information content (AvgIpc) is 3.17. The number of nitrogens with one attached hydrogen (secondary N) is 1. The van der Waals surface area contributed by atoms with E-state index < -0.39 is 0 Å². The summed E-state index contributed by atoms with van der Waals surface area (Å²) < 4.78 is 17.1. The number of benzene rings is 2. The fourth-order valence-corrected chi connectivity index (χ4v) is 4.76. The Morgan fingerprint density at radius 3 is 2.58 bits per heavy atom. The van der Waals surface area contributed by atoms with Crippen LogP contribution in [0.4, 0.5) is 15.8 Å². The fourth-order valence-electron chi connectivity index (χ4n) is 4.19. The van der Waals surface area contributed by atoms with Gasteiger partial charge in [-0.1, -0.05) is 12.1 Å². The highest BCUT2D eigenvalue weighted by Gasteiger charge is 2.22. The Kier molecular flexibility index (Phi) is 5.26. The molecule has 5 rings (SSSR count). The Balaban J connectivity index is 1.56. The summed E-state index contributed by atoms with van der Waals surface area (Å²) in [5, 5.41) is 13.2. The first-order chi connectivity index (χ1) is 15.2. The molecule has 5 nitrogen and oxygen atoms in total. The first kappa shape index (κ1) is 19.9. The zero-order valence-corrected chi connectivity index (χ0v) is 18.0. The number of piperazine rings is 1. The van der Waals surface area contributed by atoms with E-state index in [-0.39, 0.29) is 5.82 Å². The smallest absolute Gasteiger partial charge is 0.148 e. The van der Waals surface area contributed by atoms with E-state index in [2.05, 4.69) is 33.1 Å². The van der Waals surface area contributed by atoms with Crippen molar-refractivity contribution in [3.8, 4) is 17.2 Å². The Hall–Kier alpha value is -3.08. The van der Waals surface area contributed by atoms with Gasteiger partial charge in [0.15, 0.2) is 0 Å². The van der Waals surface area contributed by atoms with Gasteiger partial charge in [-0.3, -0.25) is 0 Å². The van der Waals surface area contributed by atoms with Gasteiger partial charge in [0, 0.05) is 50.6 Å². The highest BCUT2D eigenvalue weighted by molar-refractivity contribution is 8.13. The summed E-state index contributed by atoms with van der Waals surface area (Å²) in [6, 6.07) is 15.4. The van der Waals surface area contributed by atoms with Crippen LogP contribution in [0.15, 0.2) is 53.7 Å². The van der Waals surface area contributed by atoms with E-state index in [1.807, 2.05) is 36.6 Å². The molecule has 0 saturated carbocycles. The second-order valence-electron chi connectivity index (χ2n) is 7.72. The zero-order valence-electron chi connectivity index (χ0n) is 17.2. The Morgan fingerprint density at radius 1 is 1.10 bits per heavy atom. The fraction of sp³-hybridized carbons (Fsp3) is 0.250. The molecule has 7 heteroatoms. The topological polar surface area (TPSA) is 56.4 Å². The number of hydrogen-bond acceptors (Lipinski definition) is 5. The molecular formula is C24H22FN5S. The number of nitrogens with zero attached hydrogens (tertiary/aromatic N) is 4. The van der Waals surface area contributed by atoms with Crippen LogP contribution in [0.25, 0.3) is 11.1 Å². The van der Waals surface area contributed by atoms with E-state index in [4.69, 9.17) is 10.3 Å². The van der Waals surface area contributed by atoms with Gasteiger partial charge in [-0.15, -0.1) is 11.8 Å². The number of aliphatic imine (C=N–C) groups is 1. The molecule has 1 saturated heterocycles. The monoisotopic (exact) mass is 431 g/mol. The van der Waals surface area contributed by atoms with Crippen LogP contribution in [0, 0.1) is 17.1 Å². The molecule has 0 amide bonds. The van der Waals surface area contributed by atoms with Gasteiger partial charge in [0.2, 0.25) is 0 Å². The maximum absolute atomic E-state index is 15.0. The van der Waals surface area contributed by atoms with Gasteiger partial charge in [-0.2, -0.15) is 5.26 Å². The van der Waals surface area contributed by atoms with Crippen LogP contribution >= 0.6 is 11.8 Å². The second kappa shape index (κ2) is 8.22. The molecule has 3 heterocycles. The van der Waals surface area contributed by atoms with Gasteiger partial charge in [0.25, 0.3) is 0 Å². The molecular weight excluding hydrogens is 409 g/mol. The lowest BCUT2D eigenvalue weighted by Crippen LogP contribution is -2.43. The maximum Gasteiger partial charge on any atom is 0.148 e. The summed E-state index contributed by atoms with van der Waals surface area (Å²) in [5.41, 5.74) is 6.17. The average molecular weight is 432 g/mol. The Bertz CT molecular complexity index is 1200. The molecule has 156 valence electrons. The van der Waals surface area contributed by atoms with Crippen LogP contribution in [-0.2, 0) is 6.54 Å². The maximum atomic E-state index is 15.0. The summed E-state index contributed by atoms with van der Waals surface area (Å²) in [6.45, 7) is 3.95. The third kappa shape index (κ3) is 3.73. The number of fused-ring (bicyclic) bond motifs is 2. The van der Waals surface area contributed by atoms with Gasteiger partial charge < -0.3 is 14.8 Å². The third-order valence-corrected chi connectivity index (χ3v) is 6.51. The standard InChI is InChI=1S/C24H22FN5S/c1-31-24-23-10-18(17-4-2-16(13-26)3-5-17)14-30(23)15-19-11-22(20(25)12-21(19)28-24)29-8-6-27-7-9-29/h2-5,10-12,14,27H,6-9,15H2,1H3. The molecule has 0 aliphatic carbocycles. The molecule has 0 unspecified atom stereocenters. The van der Waals surface area contributed by atoms with E-state index in [1.54, 1.807) is 17.8 Å². The van der Waals surface area contributed by atoms with Crippen LogP contribution < -0.4 is 10.2 Å². The first-order valence-corrected chi connectivity index (χ1v) is 11.5. The molecule has 31 heavy (non-hydrogen) atoms. The summed E-state index contributed by atoms with van der Waals surface area (Å²) in [4.78, 5) is 6.93. The van der Waals surface area contributed by atoms with Gasteiger partial charge in [-0.25, -0.2) is 9.38 Å². The number of hydrogen-bond donors (Lipinski definition) is 1. The van der Waals surface area contributed by atoms with Crippen molar-refractivity contribution in [2.45, 2.75) is 6.54 Å². The van der Waals surface area contributed by atoms with Crippen LogP contribution in [-0.4, -0.2) is 42.0 Å². The van der Waals surface area contributed by atoms with Gasteiger partial charge in [-0.05, 0) is 41.6 Å². The Morgan fingerprint density at radius 2 is 1.87 bits per heavy atom. The first-order valence-electron chi connectivity index (χ1n) is 10.3. The molecule has 1 fully saturated rings. The molecule has 0 spiro atoms. The SMILES string of the molecule is CSC1=Nc2cc(F)c(N3CCNCC3)cc2Cn2cc(-c3ccc(C#N)cc3)cc21. The number of nitriles is 1. The molecule has 2 aromatic carbocycles. The van der Waals surface area contributed by atoms with Gasteiger partial charge in [0.05, 0.1) is 28.7 Å². The van der Waals surface area contributed by atoms with Crippen molar-refractivity contribution < 1.29 is 4.39 Å². The lowest BCUT2D eigenvalue weighted by Gasteiger charge is -2.30. The number of aromatic nitrogens is 1. The van der Waals surface area contributed by atoms with Crippen molar-refractivity contribution in [3.63, 3.8) is 0 Å². The minimum atomic E-state index is -0.213. The van der Waals surface area contributed by atoms with Crippen molar-refractivity contribution in [1.29, 1.82) is 5.26 Å². The minimum Gasteiger partial charge on any atom is -0.367 e. The van der Waals surface area contributed by atoms with Crippen molar-refractivity contribution in [3.05, 3.63) is 71.3 Å². The third-order valence-electron chi connectivity index (χ3n) is 5.82. The molecule has 3 aromatic rings. The number of halogens is 1. The molecule has 2 aliphatic rings. The van der Waals surface area contributed by atoms with E-state index in [0.29, 0.717) is 23.5 Å². The quantitative estimate of drug-likeness (QED) is 0.654. The number of thioether (sulfide) groups is 1. The van der Waals surface area contributed by atoms with Crippen molar-refractivity contribution in [2.24, 2.45) is 4.99 Å². The van der Waals surface area contributed by atoms with Crippen LogP contribution in [0.3, 0.4) is 0 Å². The van der Waals surface area contributed by atoms with Gasteiger partial charge >= 0.3 is 0 Å². The van der Waals surface area contributed by atoms with Crippen molar-refractivity contribution in [2.75, 3.05) is 37.3 Å². The van der Waals surface area contributed by atoms with E-state index >= 15 is 0 Å². The summed E-state index contributed by atoms with van der Waals surface area (Å²) in [5.74, 6) is -0.213. The molecule has 2 aliphatic heterocycles. The van der Waals surface area contributed by atoms with Crippen LogP contribution in [0.5, 0.6) is 0 Å². The molecule has 1 aromatic heterocycles. The summed E-state index contributed by atoms with van der Waals surface area (Å²) in [7, 11) is 0. The van der Waals surface area contributed by atoms with Gasteiger partial charge in [0.1, 0.15) is 10.9 Å². The normalized spacial score (nSPS) is 15.5. The highest BCUT2D eigenvalue weighted by Crippen LogP contribution is 2.35. The summed E-state index contributed by atoms with van der Waals surface area (Å²) in [6.07, 6.45) is 4.11. The Labute approximate surface area is 185 Å². The largest absolute Gasteiger partial charge is 0.367 e. The predicted octanol–water partition coefficient (Wildman–Crippen LogP) is 4.38. The van der Waals surface area contributed by atoms with Crippen molar-refractivity contribution >= 4 is 28.2 Å². The highest BCUT2D eigenvalue weighted by atomic mass is 32.2. The molecule has 0 radical (unpaired) electrons. The van der Waals surface area contributed by atoms with Crippen LogP contribution in [0.1, 0.15) is 16.8 Å². The lowest BCUT2D eigenvalue weighted by molar-refractivity contribution is 0.566. The predicted molar refractivity (Wildman–Crippen MR) is 125 cm³/mol. The van der Waals surface area contributed by atoms with E-state index in [9.17, 15) is 4.39 Å². The van der Waals surface area contributed by atoms with Crippen molar-refractivity contribution in [1.82, 2.24) is 9.88 Å². The van der Waals surface area contributed by atoms with E-state index in [1.165, 1.54) is 0 Å². The molecule has 1 N–H and O–H groups in total. The zero-order chi connectivity index (χ0) is 21.4. The number of anilines is 1. The van der Waals surface area contributed by atoms with Crippen LogP contribution in [0.2, 0.25) is 0 Å². The van der Waals surface area contributed by atoms with E-state index in [0.717, 1.165) is 53.6 Å². The second-order valence-corrected chi connectivity index (χ2v) is 8.52. The number of rotatable bonds is 2. The summed E-state index contributed by atoms with van der Waals surface area (Å²) >= 11 is 1.56. The lowest BCUT2D eigenvalue weighted by atomic mass is 10.1. The molecule has 0 bridgehead atoms. The minimum absolute atomic E-state index is 0.213.